The van der Waals surface area contributed by atoms with Crippen molar-refractivity contribution in [1.29, 1.82) is 0 Å². The van der Waals surface area contributed by atoms with Crippen molar-refractivity contribution >= 4 is 40.2 Å². The van der Waals surface area contributed by atoms with Crippen molar-refractivity contribution in [3.63, 3.8) is 0 Å². The highest BCUT2D eigenvalue weighted by Gasteiger charge is 2.09. The highest BCUT2D eigenvalue weighted by atomic mass is 35.5. The van der Waals surface area contributed by atoms with Crippen molar-refractivity contribution in [3.8, 4) is 11.5 Å². The molecule has 6 heteroatoms. The van der Waals surface area contributed by atoms with Gasteiger partial charge in [0.1, 0.15) is 17.6 Å². The molecule has 0 unspecified atom stereocenters. The zero-order valence-electron chi connectivity index (χ0n) is 15.7. The molecular weight excluding hydrogens is 402 g/mol. The Hall–Kier alpha value is -3.83. The summed E-state index contributed by atoms with van der Waals surface area (Å²) in [6.07, 6.45) is 4.00. The van der Waals surface area contributed by atoms with E-state index >= 15 is 0 Å². The van der Waals surface area contributed by atoms with Crippen LogP contribution in [0.25, 0.3) is 17.0 Å². The molecule has 0 saturated heterocycles. The third-order valence-corrected chi connectivity index (χ3v) is 4.53. The summed E-state index contributed by atoms with van der Waals surface area (Å²) >= 11 is 6.07. The van der Waals surface area contributed by atoms with Crippen molar-refractivity contribution in [2.24, 2.45) is 0 Å². The molecule has 1 amide bonds. The van der Waals surface area contributed by atoms with Gasteiger partial charge in [0.2, 0.25) is 5.91 Å². The average Bonchev–Trinajstić information content (AvgIpc) is 2.76. The van der Waals surface area contributed by atoms with Gasteiger partial charge >= 0.3 is 0 Å². The third-order valence-electron chi connectivity index (χ3n) is 4.29. The van der Waals surface area contributed by atoms with Gasteiger partial charge in [-0.25, -0.2) is 0 Å². The van der Waals surface area contributed by atoms with E-state index in [2.05, 4.69) is 5.32 Å². The van der Waals surface area contributed by atoms with Crippen molar-refractivity contribution in [1.82, 2.24) is 0 Å². The second-order valence-electron chi connectivity index (χ2n) is 6.39. The maximum Gasteiger partial charge on any atom is 0.248 e. The number of benzene rings is 3. The maximum absolute atomic E-state index is 12.5. The van der Waals surface area contributed by atoms with Crippen LogP contribution in [0.2, 0.25) is 5.02 Å². The summed E-state index contributed by atoms with van der Waals surface area (Å²) in [5.41, 5.74) is 0.963. The molecular formula is C24H16ClNO4. The minimum absolute atomic E-state index is 0.211. The van der Waals surface area contributed by atoms with Crippen LogP contribution < -0.4 is 15.5 Å². The van der Waals surface area contributed by atoms with Gasteiger partial charge in [0.15, 0.2) is 11.2 Å². The Labute approximate surface area is 177 Å². The summed E-state index contributed by atoms with van der Waals surface area (Å²) in [6.45, 7) is 0. The Kier molecular flexibility index (Phi) is 5.63. The Balaban J connectivity index is 1.55. The Morgan fingerprint density at radius 1 is 1.00 bits per heavy atom. The number of hydrogen-bond donors (Lipinski definition) is 1. The van der Waals surface area contributed by atoms with Crippen molar-refractivity contribution in [2.45, 2.75) is 0 Å². The fraction of sp³-hybridized carbons (Fsp3) is 0. The molecule has 0 aliphatic carbocycles. The summed E-state index contributed by atoms with van der Waals surface area (Å²) in [5.74, 6) is 0.625. The molecule has 3 aromatic carbocycles. The second-order valence-corrected chi connectivity index (χ2v) is 6.83. The highest BCUT2D eigenvalue weighted by Crippen LogP contribution is 2.32. The standard InChI is InChI=1S/C24H16ClNO4/c25-17-11-12-22(30-18-6-2-1-3-7-18)20(14-17)26-23(27)13-10-16-15-29-21-9-5-4-8-19(21)24(16)28/h1-15H,(H,26,27)/b13-10+. The third kappa shape index (κ3) is 4.42. The van der Waals surface area contributed by atoms with Crippen LogP contribution in [0.5, 0.6) is 11.5 Å². The van der Waals surface area contributed by atoms with E-state index in [1.807, 2.05) is 18.2 Å². The largest absolute Gasteiger partial charge is 0.463 e. The molecule has 0 fully saturated rings. The van der Waals surface area contributed by atoms with Crippen LogP contribution in [0, 0.1) is 0 Å². The number of hydrogen-bond acceptors (Lipinski definition) is 4. The first-order valence-corrected chi connectivity index (χ1v) is 9.50. The van der Waals surface area contributed by atoms with Crippen LogP contribution in [-0.2, 0) is 4.79 Å². The highest BCUT2D eigenvalue weighted by molar-refractivity contribution is 6.31. The Morgan fingerprint density at radius 3 is 2.60 bits per heavy atom. The van der Waals surface area contributed by atoms with E-state index in [9.17, 15) is 9.59 Å². The van der Waals surface area contributed by atoms with Gasteiger partial charge in [0, 0.05) is 11.1 Å². The van der Waals surface area contributed by atoms with Crippen LogP contribution in [0.3, 0.4) is 0 Å². The quantitative estimate of drug-likeness (QED) is 0.411. The zero-order valence-corrected chi connectivity index (χ0v) is 16.4. The van der Waals surface area contributed by atoms with E-state index in [0.29, 0.717) is 33.2 Å². The van der Waals surface area contributed by atoms with Crippen LogP contribution >= 0.6 is 11.6 Å². The van der Waals surface area contributed by atoms with Gasteiger partial charge in [0.25, 0.3) is 0 Å². The molecule has 4 aromatic rings. The first kappa shape index (κ1) is 19.5. The van der Waals surface area contributed by atoms with E-state index in [1.165, 1.54) is 18.4 Å². The molecule has 4 rings (SSSR count). The topological polar surface area (TPSA) is 68.5 Å². The molecule has 5 nitrogen and oxygen atoms in total. The van der Waals surface area contributed by atoms with Gasteiger partial charge in [-0.1, -0.05) is 41.9 Å². The summed E-state index contributed by atoms with van der Waals surface area (Å²) in [4.78, 5) is 25.0. The molecule has 1 heterocycles. The predicted octanol–water partition coefficient (Wildman–Crippen LogP) is 5.89. The lowest BCUT2D eigenvalue weighted by atomic mass is 10.1. The molecule has 1 aromatic heterocycles. The fourth-order valence-corrected chi connectivity index (χ4v) is 3.02. The number of nitrogens with one attached hydrogen (secondary N) is 1. The van der Waals surface area contributed by atoms with Crippen LogP contribution in [-0.4, -0.2) is 5.91 Å². The minimum Gasteiger partial charge on any atom is -0.463 e. The monoisotopic (exact) mass is 417 g/mol. The van der Waals surface area contributed by atoms with E-state index in [1.54, 1.807) is 54.6 Å². The molecule has 30 heavy (non-hydrogen) atoms. The second kappa shape index (κ2) is 8.68. The lowest BCUT2D eigenvalue weighted by molar-refractivity contribution is -0.111. The molecule has 0 radical (unpaired) electrons. The van der Waals surface area contributed by atoms with Gasteiger partial charge in [0.05, 0.1) is 16.6 Å². The van der Waals surface area contributed by atoms with Gasteiger partial charge < -0.3 is 14.5 Å². The lowest BCUT2D eigenvalue weighted by Gasteiger charge is -2.12. The molecule has 0 aliphatic heterocycles. The van der Waals surface area contributed by atoms with E-state index < -0.39 is 5.91 Å². The molecule has 1 N–H and O–H groups in total. The molecule has 0 spiro atoms. The number of carbonyl (C=O) groups is 1. The SMILES string of the molecule is O=C(/C=C/c1coc2ccccc2c1=O)Nc1cc(Cl)ccc1Oc1ccccc1. The number of ether oxygens (including phenoxy) is 1. The number of carbonyl (C=O) groups excluding carboxylic acids is 1. The number of amides is 1. The minimum atomic E-state index is -0.442. The molecule has 0 aliphatic rings. The van der Waals surface area contributed by atoms with Crippen molar-refractivity contribution in [2.75, 3.05) is 5.32 Å². The van der Waals surface area contributed by atoms with Crippen LogP contribution in [0.15, 0.2) is 94.3 Å². The molecule has 0 saturated carbocycles. The number of rotatable bonds is 5. The summed E-state index contributed by atoms with van der Waals surface area (Å²) in [7, 11) is 0. The summed E-state index contributed by atoms with van der Waals surface area (Å²) < 4.78 is 11.3. The van der Waals surface area contributed by atoms with Crippen molar-refractivity contribution < 1.29 is 13.9 Å². The summed E-state index contributed by atoms with van der Waals surface area (Å²) in [5, 5.41) is 3.63. The number of para-hydroxylation sites is 2. The number of fused-ring (bicyclic) bond motifs is 1. The predicted molar refractivity (Wildman–Crippen MR) is 118 cm³/mol. The first-order chi connectivity index (χ1) is 14.6. The van der Waals surface area contributed by atoms with Gasteiger partial charge in [-0.05, 0) is 48.5 Å². The van der Waals surface area contributed by atoms with Crippen molar-refractivity contribution in [3.05, 3.63) is 106 Å². The molecule has 0 bridgehead atoms. The number of halogens is 1. The fourth-order valence-electron chi connectivity index (χ4n) is 2.85. The first-order valence-electron chi connectivity index (χ1n) is 9.12. The van der Waals surface area contributed by atoms with Crippen LogP contribution in [0.4, 0.5) is 5.69 Å². The maximum atomic E-state index is 12.5. The normalized spacial score (nSPS) is 11.0. The average molecular weight is 418 g/mol. The Bertz CT molecular complexity index is 1300. The summed E-state index contributed by atoms with van der Waals surface area (Å²) in [6, 6.07) is 21.1. The Morgan fingerprint density at radius 2 is 1.77 bits per heavy atom. The van der Waals surface area contributed by atoms with Gasteiger partial charge in [-0.3, -0.25) is 9.59 Å². The van der Waals surface area contributed by atoms with Gasteiger partial charge in [-0.15, -0.1) is 0 Å². The molecule has 0 atom stereocenters. The van der Waals surface area contributed by atoms with E-state index in [4.69, 9.17) is 20.8 Å². The van der Waals surface area contributed by atoms with E-state index in [-0.39, 0.29) is 11.0 Å². The lowest BCUT2D eigenvalue weighted by Crippen LogP contribution is -2.10. The van der Waals surface area contributed by atoms with Gasteiger partial charge in [-0.2, -0.15) is 0 Å². The van der Waals surface area contributed by atoms with Crippen LogP contribution in [0.1, 0.15) is 5.56 Å². The van der Waals surface area contributed by atoms with E-state index in [0.717, 1.165) is 0 Å². The smallest absolute Gasteiger partial charge is 0.248 e. The molecule has 148 valence electrons. The number of anilines is 1. The zero-order chi connectivity index (χ0) is 20.9.